The van der Waals surface area contributed by atoms with E-state index in [1.165, 1.54) is 0 Å². The quantitative estimate of drug-likeness (QED) is 0.803. The second-order valence-corrected chi connectivity index (χ2v) is 5.66. The van der Waals surface area contributed by atoms with Crippen LogP contribution in [-0.4, -0.2) is 23.3 Å². The number of benzene rings is 1. The normalized spacial score (nSPS) is 17.4. The fourth-order valence-electron chi connectivity index (χ4n) is 2.16. The lowest BCUT2D eigenvalue weighted by molar-refractivity contribution is 0.0506. The highest BCUT2D eigenvalue weighted by molar-refractivity contribution is 9.10. The molecule has 2 rings (SSSR count). The van der Waals surface area contributed by atoms with Crippen LogP contribution in [0.4, 0.5) is 10.5 Å². The fraction of sp³-hybridized carbons (Fsp3) is 0.462. The van der Waals surface area contributed by atoms with Crippen molar-refractivity contribution in [2.24, 2.45) is 0 Å². The van der Waals surface area contributed by atoms with E-state index in [-0.39, 0.29) is 6.03 Å². The summed E-state index contributed by atoms with van der Waals surface area (Å²) in [6.07, 6.45) is 3.61. The maximum atomic E-state index is 11.7. The molecule has 3 N–H and O–H groups in total. The lowest BCUT2D eigenvalue weighted by atomic mass is 10.0. The van der Waals surface area contributed by atoms with Gasteiger partial charge in [0.2, 0.25) is 0 Å². The van der Waals surface area contributed by atoms with E-state index in [9.17, 15) is 9.90 Å². The van der Waals surface area contributed by atoms with Gasteiger partial charge in [-0.05, 0) is 37.1 Å². The largest absolute Gasteiger partial charge is 0.388 e. The minimum Gasteiger partial charge on any atom is -0.388 e. The van der Waals surface area contributed by atoms with Crippen LogP contribution in [0.15, 0.2) is 28.7 Å². The van der Waals surface area contributed by atoms with Crippen LogP contribution in [0.1, 0.15) is 25.7 Å². The summed E-state index contributed by atoms with van der Waals surface area (Å²) in [6, 6.07) is 7.07. The topological polar surface area (TPSA) is 61.4 Å². The summed E-state index contributed by atoms with van der Waals surface area (Å²) >= 11 is 3.33. The third-order valence-corrected chi connectivity index (χ3v) is 3.74. The molecular formula is C13H17BrN2O2. The summed E-state index contributed by atoms with van der Waals surface area (Å²) in [4.78, 5) is 11.7. The van der Waals surface area contributed by atoms with Crippen molar-refractivity contribution in [1.29, 1.82) is 0 Å². The second-order valence-electron chi connectivity index (χ2n) is 4.75. The fourth-order valence-corrected chi connectivity index (χ4v) is 2.43. The second kappa shape index (κ2) is 5.71. The molecule has 1 aromatic carbocycles. The van der Waals surface area contributed by atoms with E-state index >= 15 is 0 Å². The number of hydrogen-bond donors (Lipinski definition) is 3. The van der Waals surface area contributed by atoms with Gasteiger partial charge in [-0.2, -0.15) is 0 Å². The maximum Gasteiger partial charge on any atom is 0.319 e. The molecule has 4 nitrogen and oxygen atoms in total. The zero-order valence-corrected chi connectivity index (χ0v) is 11.7. The van der Waals surface area contributed by atoms with Crippen LogP contribution in [0, 0.1) is 0 Å². The van der Waals surface area contributed by atoms with Crippen molar-refractivity contribution in [2.75, 3.05) is 11.9 Å². The van der Waals surface area contributed by atoms with Gasteiger partial charge in [-0.15, -0.1) is 0 Å². The van der Waals surface area contributed by atoms with E-state index in [2.05, 4.69) is 26.6 Å². The van der Waals surface area contributed by atoms with Gasteiger partial charge in [0.1, 0.15) is 0 Å². The first-order valence-electron chi connectivity index (χ1n) is 6.10. The Hall–Kier alpha value is -1.07. The third-order valence-electron chi connectivity index (χ3n) is 3.21. The van der Waals surface area contributed by atoms with Gasteiger partial charge in [-0.25, -0.2) is 4.79 Å². The van der Waals surface area contributed by atoms with Crippen molar-refractivity contribution >= 4 is 27.6 Å². The predicted molar refractivity (Wildman–Crippen MR) is 74.6 cm³/mol. The Morgan fingerprint density at radius 1 is 1.28 bits per heavy atom. The Bertz CT molecular complexity index is 414. The van der Waals surface area contributed by atoms with Crippen LogP contribution >= 0.6 is 15.9 Å². The van der Waals surface area contributed by atoms with E-state index in [4.69, 9.17) is 0 Å². The Kier molecular flexibility index (Phi) is 4.24. The van der Waals surface area contributed by atoms with E-state index in [0.717, 1.165) is 35.8 Å². The van der Waals surface area contributed by atoms with Crippen molar-refractivity contribution in [3.63, 3.8) is 0 Å². The number of halogens is 1. The van der Waals surface area contributed by atoms with Crippen LogP contribution in [-0.2, 0) is 0 Å². The Morgan fingerprint density at radius 2 is 1.89 bits per heavy atom. The van der Waals surface area contributed by atoms with Gasteiger partial charge >= 0.3 is 6.03 Å². The summed E-state index contributed by atoms with van der Waals surface area (Å²) in [5.74, 6) is 0. The zero-order chi connectivity index (χ0) is 13.0. The van der Waals surface area contributed by atoms with Crippen molar-refractivity contribution < 1.29 is 9.90 Å². The summed E-state index contributed by atoms with van der Waals surface area (Å²) in [7, 11) is 0. The number of carbonyl (C=O) groups is 1. The Labute approximate surface area is 115 Å². The molecule has 18 heavy (non-hydrogen) atoms. The molecule has 0 aromatic heterocycles. The van der Waals surface area contributed by atoms with E-state index in [0.29, 0.717) is 6.54 Å². The molecule has 0 bridgehead atoms. The molecule has 1 aliphatic carbocycles. The number of nitrogens with one attached hydrogen (secondary N) is 2. The van der Waals surface area contributed by atoms with Crippen LogP contribution in [0.3, 0.4) is 0 Å². The molecule has 98 valence electrons. The molecule has 1 aromatic rings. The number of aliphatic hydroxyl groups is 1. The average Bonchev–Trinajstić information content (AvgIpc) is 2.78. The first-order valence-corrected chi connectivity index (χ1v) is 6.90. The number of carbonyl (C=O) groups excluding carboxylic acids is 1. The number of urea groups is 1. The van der Waals surface area contributed by atoms with Crippen LogP contribution < -0.4 is 10.6 Å². The lowest BCUT2D eigenvalue weighted by Gasteiger charge is -2.22. The molecule has 1 fully saturated rings. The monoisotopic (exact) mass is 312 g/mol. The highest BCUT2D eigenvalue weighted by Crippen LogP contribution is 2.28. The van der Waals surface area contributed by atoms with E-state index in [1.54, 1.807) is 0 Å². The van der Waals surface area contributed by atoms with Crippen LogP contribution in [0.25, 0.3) is 0 Å². The molecule has 0 unspecified atom stereocenters. The number of anilines is 1. The maximum absolute atomic E-state index is 11.7. The molecule has 1 saturated carbocycles. The average molecular weight is 313 g/mol. The SMILES string of the molecule is O=C(NCC1(O)CCCC1)Nc1ccc(Br)cc1. The molecule has 1 aliphatic rings. The van der Waals surface area contributed by atoms with Gasteiger partial charge in [0, 0.05) is 16.7 Å². The van der Waals surface area contributed by atoms with Crippen LogP contribution in [0.5, 0.6) is 0 Å². The number of amides is 2. The van der Waals surface area contributed by atoms with Crippen molar-refractivity contribution in [1.82, 2.24) is 5.32 Å². The highest BCUT2D eigenvalue weighted by atomic mass is 79.9. The van der Waals surface area contributed by atoms with E-state index in [1.807, 2.05) is 24.3 Å². The lowest BCUT2D eigenvalue weighted by Crippen LogP contribution is -2.42. The highest BCUT2D eigenvalue weighted by Gasteiger charge is 2.31. The van der Waals surface area contributed by atoms with Crippen molar-refractivity contribution in [3.8, 4) is 0 Å². The summed E-state index contributed by atoms with van der Waals surface area (Å²) in [6.45, 7) is 0.315. The molecule has 0 radical (unpaired) electrons. The van der Waals surface area contributed by atoms with Crippen molar-refractivity contribution in [2.45, 2.75) is 31.3 Å². The number of rotatable bonds is 3. The first kappa shape index (κ1) is 13.4. The molecule has 0 atom stereocenters. The molecule has 0 aliphatic heterocycles. The summed E-state index contributed by atoms with van der Waals surface area (Å²) < 4.78 is 0.966. The molecular weight excluding hydrogens is 296 g/mol. The summed E-state index contributed by atoms with van der Waals surface area (Å²) in [5.41, 5.74) is 0.0194. The minimum absolute atomic E-state index is 0.280. The molecule has 5 heteroatoms. The Morgan fingerprint density at radius 3 is 2.50 bits per heavy atom. The molecule has 0 spiro atoms. The number of hydrogen-bond acceptors (Lipinski definition) is 2. The van der Waals surface area contributed by atoms with Crippen molar-refractivity contribution in [3.05, 3.63) is 28.7 Å². The first-order chi connectivity index (χ1) is 8.57. The van der Waals surface area contributed by atoms with Gasteiger partial charge in [0.05, 0.1) is 5.60 Å². The minimum atomic E-state index is -0.711. The van der Waals surface area contributed by atoms with Gasteiger partial charge in [-0.3, -0.25) is 0 Å². The molecule has 0 heterocycles. The summed E-state index contributed by atoms with van der Waals surface area (Å²) in [5, 5.41) is 15.5. The molecule has 2 amide bonds. The Balaban J connectivity index is 1.80. The van der Waals surface area contributed by atoms with Gasteiger partial charge in [0.15, 0.2) is 0 Å². The standard InChI is InChI=1S/C13H17BrN2O2/c14-10-3-5-11(6-4-10)16-12(17)15-9-13(18)7-1-2-8-13/h3-6,18H,1-2,7-9H2,(H2,15,16,17). The van der Waals surface area contributed by atoms with Gasteiger partial charge < -0.3 is 15.7 Å². The zero-order valence-electron chi connectivity index (χ0n) is 10.1. The third kappa shape index (κ3) is 3.71. The smallest absolute Gasteiger partial charge is 0.319 e. The van der Waals surface area contributed by atoms with Crippen LogP contribution in [0.2, 0.25) is 0 Å². The molecule has 0 saturated heterocycles. The van der Waals surface area contributed by atoms with E-state index < -0.39 is 5.60 Å². The van der Waals surface area contributed by atoms with Gasteiger partial charge in [0.25, 0.3) is 0 Å². The predicted octanol–water partition coefficient (Wildman–Crippen LogP) is 2.88. The van der Waals surface area contributed by atoms with Gasteiger partial charge in [-0.1, -0.05) is 28.8 Å².